The highest BCUT2D eigenvalue weighted by Gasteiger charge is 2.32. The molecule has 6 heteroatoms. The number of carbonyl (C=O) groups is 1. The molecule has 5 nitrogen and oxygen atoms in total. The van der Waals surface area contributed by atoms with Crippen molar-refractivity contribution in [2.24, 2.45) is 11.1 Å². The summed E-state index contributed by atoms with van der Waals surface area (Å²) in [6, 6.07) is -0.580. The lowest BCUT2D eigenvalue weighted by atomic mass is 9.86. The third kappa shape index (κ3) is 3.96. The van der Waals surface area contributed by atoms with Gasteiger partial charge in [-0.2, -0.15) is 0 Å². The minimum Gasteiger partial charge on any atom is -0.340 e. The van der Waals surface area contributed by atoms with Crippen LogP contribution in [-0.2, 0) is 14.6 Å². The maximum absolute atomic E-state index is 12.1. The molecule has 1 saturated heterocycles. The van der Waals surface area contributed by atoms with Gasteiger partial charge >= 0.3 is 0 Å². The standard InChI is InChI=1S/C11H22N2O3S/c1-11(2,3)9(12)10(14)13-5-4-7-17(15,16)8-6-13/h9H,4-8,12H2,1-3H3/t9-/m0/s1. The summed E-state index contributed by atoms with van der Waals surface area (Å²) >= 11 is 0. The van der Waals surface area contributed by atoms with E-state index in [4.69, 9.17) is 5.73 Å². The molecule has 0 spiro atoms. The Morgan fingerprint density at radius 2 is 1.82 bits per heavy atom. The predicted octanol–water partition coefficient (Wildman–Crippen LogP) is 0.00690. The first-order valence-corrected chi connectivity index (χ1v) is 7.70. The van der Waals surface area contributed by atoms with Crippen LogP contribution in [0.3, 0.4) is 0 Å². The number of hydrogen-bond acceptors (Lipinski definition) is 4. The highest BCUT2D eigenvalue weighted by atomic mass is 32.2. The molecule has 0 radical (unpaired) electrons. The first kappa shape index (κ1) is 14.4. The van der Waals surface area contributed by atoms with Crippen molar-refractivity contribution < 1.29 is 13.2 Å². The zero-order valence-electron chi connectivity index (χ0n) is 10.8. The molecule has 0 saturated carbocycles. The van der Waals surface area contributed by atoms with Gasteiger partial charge in [0, 0.05) is 13.1 Å². The van der Waals surface area contributed by atoms with Crippen molar-refractivity contribution in [3.63, 3.8) is 0 Å². The van der Waals surface area contributed by atoms with Crippen LogP contribution in [0.25, 0.3) is 0 Å². The quantitative estimate of drug-likeness (QED) is 0.721. The summed E-state index contributed by atoms with van der Waals surface area (Å²) in [5, 5.41) is 0. The van der Waals surface area contributed by atoms with Gasteiger partial charge in [-0.05, 0) is 11.8 Å². The average molecular weight is 262 g/mol. The normalized spacial score (nSPS) is 22.9. The van der Waals surface area contributed by atoms with E-state index in [0.717, 1.165) is 0 Å². The summed E-state index contributed by atoms with van der Waals surface area (Å²) in [5.41, 5.74) is 5.60. The fraction of sp³-hybridized carbons (Fsp3) is 0.909. The first-order chi connectivity index (χ1) is 7.63. The van der Waals surface area contributed by atoms with E-state index >= 15 is 0 Å². The molecule has 1 aliphatic rings. The largest absolute Gasteiger partial charge is 0.340 e. The minimum absolute atomic E-state index is 0.0512. The summed E-state index contributed by atoms with van der Waals surface area (Å²) in [5.74, 6) is 0.0755. The molecule has 1 heterocycles. The van der Waals surface area contributed by atoms with Gasteiger partial charge in [-0.25, -0.2) is 8.42 Å². The van der Waals surface area contributed by atoms with E-state index in [-0.39, 0.29) is 29.4 Å². The number of hydrogen-bond donors (Lipinski definition) is 1. The molecule has 17 heavy (non-hydrogen) atoms. The summed E-state index contributed by atoms with van der Waals surface area (Å²) in [7, 11) is -2.98. The maximum atomic E-state index is 12.1. The molecule has 1 atom stereocenters. The molecule has 1 fully saturated rings. The van der Waals surface area contributed by atoms with Gasteiger partial charge in [-0.1, -0.05) is 20.8 Å². The van der Waals surface area contributed by atoms with Crippen LogP contribution in [0.2, 0.25) is 0 Å². The maximum Gasteiger partial charge on any atom is 0.240 e. The fourth-order valence-electron chi connectivity index (χ4n) is 1.73. The number of rotatable bonds is 1. The van der Waals surface area contributed by atoms with Crippen LogP contribution in [0, 0.1) is 5.41 Å². The van der Waals surface area contributed by atoms with Crippen LogP contribution in [0.5, 0.6) is 0 Å². The van der Waals surface area contributed by atoms with E-state index in [1.54, 1.807) is 4.90 Å². The lowest BCUT2D eigenvalue weighted by Crippen LogP contribution is -2.51. The van der Waals surface area contributed by atoms with E-state index < -0.39 is 15.9 Å². The Morgan fingerprint density at radius 1 is 1.24 bits per heavy atom. The highest BCUT2D eigenvalue weighted by Crippen LogP contribution is 2.19. The van der Waals surface area contributed by atoms with E-state index in [1.165, 1.54) is 0 Å². The molecule has 0 aliphatic carbocycles. The third-order valence-corrected chi connectivity index (χ3v) is 4.78. The van der Waals surface area contributed by atoms with Crippen LogP contribution in [-0.4, -0.2) is 49.9 Å². The van der Waals surface area contributed by atoms with Gasteiger partial charge in [-0.3, -0.25) is 4.79 Å². The Bertz CT molecular complexity index is 384. The Kier molecular flexibility index (Phi) is 4.19. The van der Waals surface area contributed by atoms with Crippen LogP contribution in [0.1, 0.15) is 27.2 Å². The topological polar surface area (TPSA) is 80.5 Å². The second-order valence-electron chi connectivity index (χ2n) is 5.67. The SMILES string of the molecule is CC(C)(C)[C@@H](N)C(=O)N1CCCS(=O)(=O)CC1. The monoisotopic (exact) mass is 262 g/mol. The van der Waals surface area contributed by atoms with Crippen LogP contribution < -0.4 is 5.73 Å². The number of sulfone groups is 1. The van der Waals surface area contributed by atoms with Crippen molar-refractivity contribution in [2.45, 2.75) is 33.2 Å². The van der Waals surface area contributed by atoms with Gasteiger partial charge in [0.2, 0.25) is 5.91 Å². The summed E-state index contributed by atoms with van der Waals surface area (Å²) in [4.78, 5) is 13.7. The van der Waals surface area contributed by atoms with Crippen LogP contribution >= 0.6 is 0 Å². The van der Waals surface area contributed by atoms with Crippen molar-refractivity contribution in [1.82, 2.24) is 4.90 Å². The van der Waals surface area contributed by atoms with E-state index in [2.05, 4.69) is 0 Å². The lowest BCUT2D eigenvalue weighted by molar-refractivity contribution is -0.134. The highest BCUT2D eigenvalue weighted by molar-refractivity contribution is 7.91. The number of carbonyl (C=O) groups excluding carboxylic acids is 1. The summed E-state index contributed by atoms with van der Waals surface area (Å²) in [6.07, 6.45) is 0.505. The van der Waals surface area contributed by atoms with Gasteiger partial charge in [0.1, 0.15) is 0 Å². The van der Waals surface area contributed by atoms with Gasteiger partial charge in [0.25, 0.3) is 0 Å². The molecule has 1 aliphatic heterocycles. The Morgan fingerprint density at radius 3 is 2.35 bits per heavy atom. The second kappa shape index (κ2) is 4.94. The Labute approximate surface area is 103 Å². The molecule has 0 aromatic heterocycles. The average Bonchev–Trinajstić information content (AvgIpc) is 2.36. The minimum atomic E-state index is -2.98. The van der Waals surface area contributed by atoms with Crippen molar-refractivity contribution in [1.29, 1.82) is 0 Å². The van der Waals surface area contributed by atoms with Gasteiger partial charge in [0.05, 0.1) is 17.5 Å². The molecular formula is C11H22N2O3S. The number of nitrogens with two attached hydrogens (primary N) is 1. The molecule has 0 bridgehead atoms. The molecule has 1 rings (SSSR count). The number of nitrogens with zero attached hydrogens (tertiary/aromatic N) is 1. The molecule has 1 amide bonds. The van der Waals surface area contributed by atoms with E-state index in [0.29, 0.717) is 13.0 Å². The van der Waals surface area contributed by atoms with Crippen molar-refractivity contribution in [3.05, 3.63) is 0 Å². The third-order valence-electron chi connectivity index (χ3n) is 3.07. The second-order valence-corrected chi connectivity index (χ2v) is 7.98. The van der Waals surface area contributed by atoms with Gasteiger partial charge in [-0.15, -0.1) is 0 Å². The van der Waals surface area contributed by atoms with Crippen molar-refractivity contribution >= 4 is 15.7 Å². The van der Waals surface area contributed by atoms with Crippen LogP contribution in [0.15, 0.2) is 0 Å². The molecule has 2 N–H and O–H groups in total. The summed E-state index contributed by atoms with van der Waals surface area (Å²) < 4.78 is 22.9. The first-order valence-electron chi connectivity index (χ1n) is 5.88. The van der Waals surface area contributed by atoms with Gasteiger partial charge in [0.15, 0.2) is 9.84 Å². The molecule has 0 aromatic rings. The van der Waals surface area contributed by atoms with Crippen molar-refractivity contribution in [2.75, 3.05) is 24.6 Å². The van der Waals surface area contributed by atoms with E-state index in [9.17, 15) is 13.2 Å². The molecular weight excluding hydrogens is 240 g/mol. The zero-order chi connectivity index (χ0) is 13.3. The molecule has 100 valence electrons. The molecule has 0 unspecified atom stereocenters. The van der Waals surface area contributed by atoms with Crippen LogP contribution in [0.4, 0.5) is 0 Å². The predicted molar refractivity (Wildman–Crippen MR) is 67.3 cm³/mol. The number of amides is 1. The molecule has 0 aromatic carbocycles. The Balaban J connectivity index is 2.71. The van der Waals surface area contributed by atoms with Crippen molar-refractivity contribution in [3.8, 4) is 0 Å². The fourth-order valence-corrected chi connectivity index (χ4v) is 3.00. The lowest BCUT2D eigenvalue weighted by Gasteiger charge is -2.31. The zero-order valence-corrected chi connectivity index (χ0v) is 11.6. The smallest absolute Gasteiger partial charge is 0.240 e. The van der Waals surface area contributed by atoms with Gasteiger partial charge < -0.3 is 10.6 Å². The Hall–Kier alpha value is -0.620. The summed E-state index contributed by atoms with van der Waals surface area (Å²) in [6.45, 7) is 6.48. The van der Waals surface area contributed by atoms with E-state index in [1.807, 2.05) is 20.8 Å².